The van der Waals surface area contributed by atoms with Crippen molar-refractivity contribution in [3.8, 4) is 11.8 Å². The topological polar surface area (TPSA) is 76.4 Å². The highest BCUT2D eigenvalue weighted by molar-refractivity contribution is 5.81. The molecule has 1 heterocycles. The van der Waals surface area contributed by atoms with Crippen molar-refractivity contribution < 1.29 is 9.90 Å². The molecule has 2 N–H and O–H groups in total. The normalized spacial score (nSPS) is 14.8. The van der Waals surface area contributed by atoms with Crippen LogP contribution >= 0.6 is 0 Å². The van der Waals surface area contributed by atoms with Gasteiger partial charge in [0.25, 0.3) is 0 Å². The summed E-state index contributed by atoms with van der Waals surface area (Å²) in [6.07, 6.45) is 1.88. The van der Waals surface area contributed by atoms with E-state index in [1.54, 1.807) is 24.3 Å². The molecule has 0 saturated carbocycles. The second-order valence-corrected chi connectivity index (χ2v) is 6.29. The number of phenols is 1. The first-order chi connectivity index (χ1) is 12.2. The van der Waals surface area contributed by atoms with Crippen molar-refractivity contribution in [1.29, 1.82) is 5.26 Å². The molecule has 0 radical (unpaired) electrons. The monoisotopic (exact) mass is 335 g/mol. The van der Waals surface area contributed by atoms with Crippen molar-refractivity contribution >= 4 is 11.6 Å². The number of rotatable bonds is 4. The number of likely N-dealkylation sites (tertiary alicyclic amines) is 1. The van der Waals surface area contributed by atoms with E-state index < -0.39 is 0 Å². The molecule has 1 fully saturated rings. The Labute approximate surface area is 147 Å². The number of anilines is 1. The van der Waals surface area contributed by atoms with Crippen molar-refractivity contribution in [2.75, 3.05) is 25.0 Å². The van der Waals surface area contributed by atoms with E-state index in [9.17, 15) is 9.90 Å². The molecule has 128 valence electrons. The van der Waals surface area contributed by atoms with Gasteiger partial charge in [0.05, 0.1) is 18.2 Å². The van der Waals surface area contributed by atoms with Gasteiger partial charge in [-0.15, -0.1) is 0 Å². The zero-order chi connectivity index (χ0) is 17.6. The van der Waals surface area contributed by atoms with Gasteiger partial charge in [-0.05, 0) is 60.7 Å². The van der Waals surface area contributed by atoms with Gasteiger partial charge in [0.2, 0.25) is 5.91 Å². The zero-order valence-corrected chi connectivity index (χ0v) is 14.0. The van der Waals surface area contributed by atoms with Gasteiger partial charge in [-0.1, -0.05) is 12.1 Å². The van der Waals surface area contributed by atoms with E-state index in [2.05, 4.69) is 11.4 Å². The Hall–Kier alpha value is -3.00. The van der Waals surface area contributed by atoms with E-state index in [1.807, 2.05) is 29.2 Å². The Morgan fingerprint density at radius 2 is 1.76 bits per heavy atom. The molecule has 3 rings (SSSR count). The lowest BCUT2D eigenvalue weighted by Gasteiger charge is -2.32. The number of piperidine rings is 1. The Kier molecular flexibility index (Phi) is 5.20. The number of nitrogens with zero attached hydrogens (tertiary/aromatic N) is 2. The van der Waals surface area contributed by atoms with Gasteiger partial charge in [-0.2, -0.15) is 5.26 Å². The molecule has 5 heteroatoms. The van der Waals surface area contributed by atoms with Crippen molar-refractivity contribution in [2.45, 2.75) is 18.8 Å². The lowest BCUT2D eigenvalue weighted by atomic mass is 9.89. The fourth-order valence-electron chi connectivity index (χ4n) is 3.16. The molecule has 1 amide bonds. The van der Waals surface area contributed by atoms with Gasteiger partial charge in [0.1, 0.15) is 5.75 Å². The summed E-state index contributed by atoms with van der Waals surface area (Å²) in [4.78, 5) is 14.3. The summed E-state index contributed by atoms with van der Waals surface area (Å²) in [7, 11) is 0. The molecule has 2 aromatic rings. The highest BCUT2D eigenvalue weighted by atomic mass is 16.3. The van der Waals surface area contributed by atoms with Gasteiger partial charge in [0.15, 0.2) is 0 Å². The second kappa shape index (κ2) is 7.71. The van der Waals surface area contributed by atoms with Crippen LogP contribution in [0, 0.1) is 11.3 Å². The van der Waals surface area contributed by atoms with Crippen LogP contribution < -0.4 is 5.32 Å². The number of amides is 1. The third-order valence-corrected chi connectivity index (χ3v) is 4.67. The molecule has 1 aliphatic rings. The SMILES string of the molecule is N#Cc1ccc(NCC(=O)N2CCC(c3ccc(O)cc3)CC2)cc1. The summed E-state index contributed by atoms with van der Waals surface area (Å²) >= 11 is 0. The summed E-state index contributed by atoms with van der Waals surface area (Å²) in [6, 6.07) is 16.5. The number of hydrogen-bond acceptors (Lipinski definition) is 4. The standard InChI is InChI=1S/C20H21N3O2/c21-13-15-1-5-18(6-2-15)22-14-20(25)23-11-9-17(10-12-23)16-3-7-19(24)8-4-16/h1-8,17,22,24H,9-12,14H2. The first kappa shape index (κ1) is 16.8. The van der Waals surface area contributed by atoms with Crippen LogP contribution in [0.5, 0.6) is 5.75 Å². The summed E-state index contributed by atoms with van der Waals surface area (Å²) in [6.45, 7) is 1.76. The number of nitrogens with one attached hydrogen (secondary N) is 1. The predicted molar refractivity (Wildman–Crippen MR) is 96.3 cm³/mol. The van der Waals surface area contributed by atoms with Gasteiger partial charge < -0.3 is 15.3 Å². The summed E-state index contributed by atoms with van der Waals surface area (Å²) in [5.74, 6) is 0.815. The minimum Gasteiger partial charge on any atom is -0.508 e. The Balaban J connectivity index is 1.48. The molecule has 0 aromatic heterocycles. The van der Waals surface area contributed by atoms with Crippen LogP contribution in [0.15, 0.2) is 48.5 Å². The maximum atomic E-state index is 12.4. The van der Waals surface area contributed by atoms with Crippen LogP contribution in [-0.4, -0.2) is 35.5 Å². The van der Waals surface area contributed by atoms with E-state index in [0.29, 0.717) is 11.5 Å². The number of benzene rings is 2. The van der Waals surface area contributed by atoms with Crippen molar-refractivity contribution in [2.24, 2.45) is 0 Å². The van der Waals surface area contributed by atoms with E-state index in [0.717, 1.165) is 31.6 Å². The Morgan fingerprint density at radius 1 is 1.12 bits per heavy atom. The lowest BCUT2D eigenvalue weighted by molar-refractivity contribution is -0.130. The van der Waals surface area contributed by atoms with Crippen LogP contribution in [0.1, 0.15) is 29.9 Å². The largest absolute Gasteiger partial charge is 0.508 e. The molecule has 0 aliphatic carbocycles. The highest BCUT2D eigenvalue weighted by Crippen LogP contribution is 2.29. The van der Waals surface area contributed by atoms with E-state index in [-0.39, 0.29) is 18.2 Å². The molecule has 0 unspecified atom stereocenters. The van der Waals surface area contributed by atoms with E-state index >= 15 is 0 Å². The number of aromatic hydroxyl groups is 1. The first-order valence-corrected chi connectivity index (χ1v) is 8.46. The number of hydrogen-bond donors (Lipinski definition) is 2. The quantitative estimate of drug-likeness (QED) is 0.900. The third-order valence-electron chi connectivity index (χ3n) is 4.67. The average molecular weight is 335 g/mol. The van der Waals surface area contributed by atoms with Gasteiger partial charge in [0, 0.05) is 18.8 Å². The van der Waals surface area contributed by atoms with Crippen LogP contribution in [0.3, 0.4) is 0 Å². The molecule has 2 aromatic carbocycles. The maximum absolute atomic E-state index is 12.4. The predicted octanol–water partition coefficient (Wildman–Crippen LogP) is 3.08. The van der Waals surface area contributed by atoms with E-state index in [4.69, 9.17) is 5.26 Å². The van der Waals surface area contributed by atoms with Crippen LogP contribution in [0.25, 0.3) is 0 Å². The number of carbonyl (C=O) groups is 1. The third kappa shape index (κ3) is 4.30. The summed E-state index contributed by atoms with van der Waals surface area (Å²) < 4.78 is 0. The van der Waals surface area contributed by atoms with Gasteiger partial charge in [-0.3, -0.25) is 4.79 Å². The van der Waals surface area contributed by atoms with E-state index in [1.165, 1.54) is 5.56 Å². The number of carbonyl (C=O) groups excluding carboxylic acids is 1. The Bertz CT molecular complexity index is 755. The van der Waals surface area contributed by atoms with Crippen LogP contribution in [-0.2, 0) is 4.79 Å². The highest BCUT2D eigenvalue weighted by Gasteiger charge is 2.23. The molecule has 0 atom stereocenters. The molecule has 0 bridgehead atoms. The van der Waals surface area contributed by atoms with Gasteiger partial charge >= 0.3 is 0 Å². The minimum absolute atomic E-state index is 0.0912. The van der Waals surface area contributed by atoms with Gasteiger partial charge in [-0.25, -0.2) is 0 Å². The first-order valence-electron chi connectivity index (χ1n) is 8.46. The zero-order valence-electron chi connectivity index (χ0n) is 14.0. The molecule has 25 heavy (non-hydrogen) atoms. The summed E-state index contributed by atoms with van der Waals surface area (Å²) in [5.41, 5.74) is 2.67. The number of phenolic OH excluding ortho intramolecular Hbond substituents is 1. The fraction of sp³-hybridized carbons (Fsp3) is 0.300. The van der Waals surface area contributed by atoms with Crippen molar-refractivity contribution in [1.82, 2.24) is 4.90 Å². The second-order valence-electron chi connectivity index (χ2n) is 6.29. The molecular formula is C20H21N3O2. The minimum atomic E-state index is 0.0912. The van der Waals surface area contributed by atoms with Crippen LogP contribution in [0.2, 0.25) is 0 Å². The summed E-state index contributed by atoms with van der Waals surface area (Å²) in [5, 5.41) is 21.3. The molecule has 5 nitrogen and oxygen atoms in total. The number of nitriles is 1. The lowest BCUT2D eigenvalue weighted by Crippen LogP contribution is -2.40. The van der Waals surface area contributed by atoms with Crippen molar-refractivity contribution in [3.63, 3.8) is 0 Å². The van der Waals surface area contributed by atoms with Crippen LogP contribution in [0.4, 0.5) is 5.69 Å². The molecule has 1 saturated heterocycles. The maximum Gasteiger partial charge on any atom is 0.241 e. The smallest absolute Gasteiger partial charge is 0.241 e. The molecule has 0 spiro atoms. The molecular weight excluding hydrogens is 314 g/mol. The van der Waals surface area contributed by atoms with Crippen molar-refractivity contribution in [3.05, 3.63) is 59.7 Å². The fourth-order valence-corrected chi connectivity index (χ4v) is 3.16. The average Bonchev–Trinajstić information content (AvgIpc) is 2.67. The Morgan fingerprint density at radius 3 is 2.36 bits per heavy atom. The molecule has 1 aliphatic heterocycles.